The van der Waals surface area contributed by atoms with Crippen molar-refractivity contribution in [2.45, 2.75) is 13.0 Å². The predicted molar refractivity (Wildman–Crippen MR) is 88.4 cm³/mol. The molecule has 0 aliphatic carbocycles. The SMILES string of the molecule is C[C@@H](COc1ccc(F)cc1)NC(=O)NCCNc1ncccn1. The number of hydrogen-bond donors (Lipinski definition) is 3. The van der Waals surface area contributed by atoms with Gasteiger partial charge in [-0.15, -0.1) is 0 Å². The number of benzene rings is 1. The van der Waals surface area contributed by atoms with Crippen LogP contribution in [-0.4, -0.2) is 41.7 Å². The zero-order valence-corrected chi connectivity index (χ0v) is 13.3. The van der Waals surface area contributed by atoms with Gasteiger partial charge in [0.05, 0.1) is 6.04 Å². The van der Waals surface area contributed by atoms with Crippen molar-refractivity contribution in [2.75, 3.05) is 25.0 Å². The second kappa shape index (κ2) is 9.29. The van der Waals surface area contributed by atoms with Crippen molar-refractivity contribution < 1.29 is 13.9 Å². The Morgan fingerprint density at radius 2 is 1.92 bits per heavy atom. The van der Waals surface area contributed by atoms with Crippen molar-refractivity contribution in [3.05, 3.63) is 48.5 Å². The van der Waals surface area contributed by atoms with Gasteiger partial charge in [0.25, 0.3) is 0 Å². The maximum atomic E-state index is 12.8. The van der Waals surface area contributed by atoms with E-state index in [-0.39, 0.29) is 24.5 Å². The molecule has 8 heteroatoms. The van der Waals surface area contributed by atoms with Crippen LogP contribution in [-0.2, 0) is 0 Å². The van der Waals surface area contributed by atoms with Gasteiger partial charge in [0.1, 0.15) is 18.2 Å². The van der Waals surface area contributed by atoms with Crippen molar-refractivity contribution in [1.82, 2.24) is 20.6 Å². The fourth-order valence-electron chi connectivity index (χ4n) is 1.81. The van der Waals surface area contributed by atoms with E-state index in [4.69, 9.17) is 4.74 Å². The highest BCUT2D eigenvalue weighted by molar-refractivity contribution is 5.74. The third-order valence-corrected chi connectivity index (χ3v) is 2.95. The summed E-state index contributed by atoms with van der Waals surface area (Å²) in [6.45, 7) is 3.04. The zero-order chi connectivity index (χ0) is 17.2. The highest BCUT2D eigenvalue weighted by Crippen LogP contribution is 2.11. The Morgan fingerprint density at radius 3 is 2.62 bits per heavy atom. The van der Waals surface area contributed by atoms with E-state index >= 15 is 0 Å². The first-order valence-corrected chi connectivity index (χ1v) is 7.57. The maximum absolute atomic E-state index is 12.8. The molecule has 1 aromatic carbocycles. The van der Waals surface area contributed by atoms with Crippen molar-refractivity contribution in [2.24, 2.45) is 0 Å². The second-order valence-corrected chi connectivity index (χ2v) is 5.07. The number of anilines is 1. The molecule has 1 atom stereocenters. The summed E-state index contributed by atoms with van der Waals surface area (Å²) in [5.41, 5.74) is 0. The summed E-state index contributed by atoms with van der Waals surface area (Å²) < 4.78 is 18.2. The molecule has 0 bridgehead atoms. The van der Waals surface area contributed by atoms with Gasteiger partial charge in [0, 0.05) is 25.5 Å². The lowest BCUT2D eigenvalue weighted by Gasteiger charge is -2.15. The van der Waals surface area contributed by atoms with E-state index in [0.717, 1.165) is 0 Å². The number of nitrogens with one attached hydrogen (secondary N) is 3. The Morgan fingerprint density at radius 1 is 1.21 bits per heavy atom. The van der Waals surface area contributed by atoms with Crippen LogP contribution in [0.2, 0.25) is 0 Å². The molecule has 1 heterocycles. The van der Waals surface area contributed by atoms with E-state index in [1.165, 1.54) is 12.1 Å². The Labute approximate surface area is 139 Å². The molecular weight excluding hydrogens is 313 g/mol. The largest absolute Gasteiger partial charge is 0.491 e. The summed E-state index contributed by atoms with van der Waals surface area (Å²) in [6, 6.07) is 6.97. The number of amides is 2. The molecule has 0 aliphatic rings. The molecule has 2 amide bonds. The second-order valence-electron chi connectivity index (χ2n) is 5.07. The lowest BCUT2D eigenvalue weighted by atomic mass is 10.3. The minimum atomic E-state index is -0.317. The van der Waals surface area contributed by atoms with Gasteiger partial charge in [0.15, 0.2) is 0 Å². The van der Waals surface area contributed by atoms with Crippen LogP contribution in [0.4, 0.5) is 15.1 Å². The molecule has 0 unspecified atom stereocenters. The average Bonchev–Trinajstić information content (AvgIpc) is 2.59. The minimum Gasteiger partial charge on any atom is -0.491 e. The summed E-state index contributed by atoms with van der Waals surface area (Å²) in [7, 11) is 0. The number of halogens is 1. The van der Waals surface area contributed by atoms with Crippen molar-refractivity contribution in [1.29, 1.82) is 0 Å². The van der Waals surface area contributed by atoms with Gasteiger partial charge < -0.3 is 20.7 Å². The molecule has 2 rings (SSSR count). The first-order valence-electron chi connectivity index (χ1n) is 7.57. The van der Waals surface area contributed by atoms with E-state index in [1.807, 2.05) is 6.92 Å². The molecule has 0 radical (unpaired) electrons. The van der Waals surface area contributed by atoms with Gasteiger partial charge in [0.2, 0.25) is 5.95 Å². The molecule has 0 saturated heterocycles. The Hall–Kier alpha value is -2.90. The van der Waals surface area contributed by atoms with E-state index in [2.05, 4.69) is 25.9 Å². The Bertz CT molecular complexity index is 624. The molecule has 0 aliphatic heterocycles. The van der Waals surface area contributed by atoms with Crippen LogP contribution >= 0.6 is 0 Å². The van der Waals surface area contributed by atoms with Gasteiger partial charge in [-0.25, -0.2) is 19.2 Å². The molecule has 7 nitrogen and oxygen atoms in total. The Kier molecular flexibility index (Phi) is 6.75. The first-order chi connectivity index (χ1) is 11.6. The molecule has 1 aromatic heterocycles. The standard InChI is InChI=1S/C16H20FN5O2/c1-12(11-24-14-5-3-13(17)4-6-14)22-16(23)21-10-9-20-15-18-7-2-8-19-15/h2-8,12H,9-11H2,1H3,(H,18,19,20)(H2,21,22,23)/t12-/m0/s1. The number of urea groups is 1. The number of carbonyl (C=O) groups excluding carboxylic acids is 1. The quantitative estimate of drug-likeness (QED) is 0.641. The van der Waals surface area contributed by atoms with E-state index in [1.54, 1.807) is 30.6 Å². The topological polar surface area (TPSA) is 88.2 Å². The molecule has 2 aromatic rings. The van der Waals surface area contributed by atoms with Crippen molar-refractivity contribution in [3.8, 4) is 5.75 Å². The summed E-state index contributed by atoms with van der Waals surface area (Å²) >= 11 is 0. The van der Waals surface area contributed by atoms with Crippen LogP contribution in [0, 0.1) is 5.82 Å². The average molecular weight is 333 g/mol. The molecule has 0 saturated carbocycles. The number of aromatic nitrogens is 2. The maximum Gasteiger partial charge on any atom is 0.315 e. The third kappa shape index (κ3) is 6.47. The van der Waals surface area contributed by atoms with Crippen LogP contribution in [0.25, 0.3) is 0 Å². The summed E-state index contributed by atoms with van der Waals surface area (Å²) in [5, 5.41) is 8.45. The van der Waals surface area contributed by atoms with Gasteiger partial charge in [-0.05, 0) is 37.3 Å². The first kappa shape index (κ1) is 17.5. The number of hydrogen-bond acceptors (Lipinski definition) is 5. The molecule has 128 valence electrons. The predicted octanol–water partition coefficient (Wildman–Crippen LogP) is 1.79. The lowest BCUT2D eigenvalue weighted by molar-refractivity contribution is 0.227. The van der Waals surface area contributed by atoms with Crippen molar-refractivity contribution >= 4 is 12.0 Å². The highest BCUT2D eigenvalue weighted by Gasteiger charge is 2.07. The van der Waals surface area contributed by atoms with Gasteiger partial charge in [-0.3, -0.25) is 0 Å². The molecule has 24 heavy (non-hydrogen) atoms. The van der Waals surface area contributed by atoms with Crippen LogP contribution in [0.15, 0.2) is 42.7 Å². The fraction of sp³-hybridized carbons (Fsp3) is 0.312. The normalized spacial score (nSPS) is 11.4. The Balaban J connectivity index is 1.58. The molecule has 3 N–H and O–H groups in total. The van der Waals surface area contributed by atoms with Crippen LogP contribution in [0.3, 0.4) is 0 Å². The van der Waals surface area contributed by atoms with Gasteiger partial charge in [-0.1, -0.05) is 0 Å². The third-order valence-electron chi connectivity index (χ3n) is 2.95. The van der Waals surface area contributed by atoms with E-state index in [0.29, 0.717) is 24.8 Å². The number of nitrogens with zero attached hydrogens (tertiary/aromatic N) is 2. The van der Waals surface area contributed by atoms with Crippen LogP contribution < -0.4 is 20.7 Å². The molecule has 0 fully saturated rings. The van der Waals surface area contributed by atoms with Gasteiger partial charge >= 0.3 is 6.03 Å². The minimum absolute atomic E-state index is 0.194. The van der Waals surface area contributed by atoms with Crippen LogP contribution in [0.1, 0.15) is 6.92 Å². The van der Waals surface area contributed by atoms with E-state index < -0.39 is 0 Å². The number of ether oxygens (including phenoxy) is 1. The number of rotatable bonds is 8. The summed E-state index contributed by atoms with van der Waals surface area (Å²) in [6.07, 6.45) is 3.27. The summed E-state index contributed by atoms with van der Waals surface area (Å²) in [5.74, 6) is 0.751. The molecular formula is C16H20FN5O2. The monoisotopic (exact) mass is 333 g/mol. The van der Waals surface area contributed by atoms with E-state index in [9.17, 15) is 9.18 Å². The number of carbonyl (C=O) groups is 1. The van der Waals surface area contributed by atoms with Crippen LogP contribution in [0.5, 0.6) is 5.75 Å². The summed E-state index contributed by atoms with van der Waals surface area (Å²) in [4.78, 5) is 19.8. The highest BCUT2D eigenvalue weighted by atomic mass is 19.1. The zero-order valence-electron chi connectivity index (χ0n) is 13.3. The lowest BCUT2D eigenvalue weighted by Crippen LogP contribution is -2.44. The van der Waals surface area contributed by atoms with Crippen molar-refractivity contribution in [3.63, 3.8) is 0 Å². The van der Waals surface area contributed by atoms with Gasteiger partial charge in [-0.2, -0.15) is 0 Å². The smallest absolute Gasteiger partial charge is 0.315 e. The molecule has 0 spiro atoms. The fourth-order valence-corrected chi connectivity index (χ4v) is 1.81.